The van der Waals surface area contributed by atoms with Gasteiger partial charge < -0.3 is 10.2 Å². The molecule has 2 aromatic carbocycles. The third kappa shape index (κ3) is 2.80. The molecule has 0 radical (unpaired) electrons. The second-order valence-electron chi connectivity index (χ2n) is 4.99. The van der Waals surface area contributed by atoms with Gasteiger partial charge in [0.2, 0.25) is 0 Å². The van der Waals surface area contributed by atoms with Gasteiger partial charge in [-0.05, 0) is 31.5 Å². The van der Waals surface area contributed by atoms with E-state index in [0.717, 1.165) is 16.9 Å². The predicted molar refractivity (Wildman–Crippen MR) is 83.9 cm³/mol. The van der Waals surface area contributed by atoms with E-state index >= 15 is 0 Å². The molecule has 3 aromatic rings. The number of thioether (sulfide) groups is 1. The molecule has 0 atom stereocenters. The number of nitrogens with zero attached hydrogens (tertiary/aromatic N) is 1. The molecule has 0 saturated carbocycles. The highest BCUT2D eigenvalue weighted by atomic mass is 32.2. The number of aromatic nitrogens is 1. The number of benzene rings is 2. The van der Waals surface area contributed by atoms with Crippen LogP contribution in [0, 0.1) is 13.8 Å². The topological polar surface area (TPSA) is 52.0 Å². The highest BCUT2D eigenvalue weighted by Crippen LogP contribution is 2.27. The number of rotatable bonds is 3. The van der Waals surface area contributed by atoms with Crippen LogP contribution in [0.5, 0.6) is 0 Å². The molecule has 0 aliphatic heterocycles. The summed E-state index contributed by atoms with van der Waals surface area (Å²) < 4.78 is 5.70. The van der Waals surface area contributed by atoms with E-state index in [2.05, 4.69) is 37.0 Å². The first-order valence-corrected chi connectivity index (χ1v) is 7.45. The Bertz CT molecular complexity index is 744. The van der Waals surface area contributed by atoms with E-state index in [1.54, 1.807) is 11.8 Å². The lowest BCUT2D eigenvalue weighted by molar-refractivity contribution is 0.489. The Balaban J connectivity index is 1.79. The van der Waals surface area contributed by atoms with Crippen molar-refractivity contribution in [1.29, 1.82) is 0 Å². The maximum Gasteiger partial charge on any atom is 0.257 e. The van der Waals surface area contributed by atoms with Crippen molar-refractivity contribution in [3.63, 3.8) is 0 Å². The van der Waals surface area contributed by atoms with Crippen molar-refractivity contribution in [3.05, 3.63) is 53.1 Å². The van der Waals surface area contributed by atoms with Gasteiger partial charge >= 0.3 is 0 Å². The van der Waals surface area contributed by atoms with Crippen LogP contribution in [0.4, 0.5) is 5.69 Å². The zero-order valence-electron chi connectivity index (χ0n) is 11.5. The van der Waals surface area contributed by atoms with Crippen LogP contribution >= 0.6 is 11.8 Å². The molecule has 2 N–H and O–H groups in total. The van der Waals surface area contributed by atoms with E-state index in [4.69, 9.17) is 10.2 Å². The van der Waals surface area contributed by atoms with E-state index in [1.807, 2.05) is 18.2 Å². The normalized spacial score (nSPS) is 11.1. The molecule has 3 nitrogen and oxygen atoms in total. The Kier molecular flexibility index (Phi) is 3.40. The van der Waals surface area contributed by atoms with Crippen molar-refractivity contribution in [3.8, 4) is 0 Å². The number of anilines is 1. The molecule has 0 aliphatic carbocycles. The number of aryl methyl sites for hydroxylation is 2. The van der Waals surface area contributed by atoms with E-state index in [1.165, 1.54) is 16.7 Å². The standard InChI is InChI=1S/C16H16N2OS/c1-10-5-11(2)7-12(6-10)9-20-16-18-14-4-3-13(17)8-15(14)19-16/h3-8H,9,17H2,1-2H3. The number of oxazole rings is 1. The van der Waals surface area contributed by atoms with Gasteiger partial charge in [0.05, 0.1) is 0 Å². The second kappa shape index (κ2) is 5.21. The zero-order chi connectivity index (χ0) is 14.1. The third-order valence-electron chi connectivity index (χ3n) is 3.04. The molecule has 0 aliphatic rings. The molecular formula is C16H16N2OS. The number of nitrogens with two attached hydrogens (primary N) is 1. The molecule has 3 rings (SSSR count). The number of fused-ring (bicyclic) bond motifs is 1. The predicted octanol–water partition coefficient (Wildman–Crippen LogP) is 4.32. The number of nitrogen functional groups attached to an aromatic ring is 1. The van der Waals surface area contributed by atoms with Gasteiger partial charge in [0.1, 0.15) is 5.52 Å². The molecular weight excluding hydrogens is 268 g/mol. The Labute approximate surface area is 122 Å². The van der Waals surface area contributed by atoms with Gasteiger partial charge in [-0.2, -0.15) is 0 Å². The Morgan fingerprint density at radius 1 is 1.10 bits per heavy atom. The van der Waals surface area contributed by atoms with Crippen LogP contribution in [0.3, 0.4) is 0 Å². The SMILES string of the molecule is Cc1cc(C)cc(CSc2nc3ccc(N)cc3o2)c1. The minimum Gasteiger partial charge on any atom is -0.431 e. The zero-order valence-corrected chi connectivity index (χ0v) is 12.3. The molecule has 0 unspecified atom stereocenters. The minimum atomic E-state index is 0.685. The highest BCUT2D eigenvalue weighted by molar-refractivity contribution is 7.98. The summed E-state index contributed by atoms with van der Waals surface area (Å²) in [5.41, 5.74) is 11.9. The number of hydrogen-bond donors (Lipinski definition) is 1. The van der Waals surface area contributed by atoms with E-state index in [-0.39, 0.29) is 0 Å². The van der Waals surface area contributed by atoms with Crippen LogP contribution in [0.1, 0.15) is 16.7 Å². The first-order chi connectivity index (χ1) is 9.60. The van der Waals surface area contributed by atoms with Gasteiger partial charge in [0.15, 0.2) is 5.58 Å². The lowest BCUT2D eigenvalue weighted by Gasteiger charge is -2.02. The van der Waals surface area contributed by atoms with Crippen LogP contribution < -0.4 is 5.73 Å². The summed E-state index contributed by atoms with van der Waals surface area (Å²) in [6, 6.07) is 12.1. The molecule has 20 heavy (non-hydrogen) atoms. The van der Waals surface area contributed by atoms with E-state index in [9.17, 15) is 0 Å². The van der Waals surface area contributed by atoms with Crippen LogP contribution in [-0.4, -0.2) is 4.98 Å². The fourth-order valence-corrected chi connectivity index (χ4v) is 3.05. The van der Waals surface area contributed by atoms with Crippen LogP contribution in [0.25, 0.3) is 11.1 Å². The first kappa shape index (κ1) is 13.1. The first-order valence-electron chi connectivity index (χ1n) is 6.46. The summed E-state index contributed by atoms with van der Waals surface area (Å²) in [5.74, 6) is 0.852. The molecule has 0 bridgehead atoms. The second-order valence-corrected chi connectivity index (χ2v) is 5.92. The highest BCUT2D eigenvalue weighted by Gasteiger charge is 2.07. The van der Waals surface area contributed by atoms with Crippen molar-refractivity contribution < 1.29 is 4.42 Å². The van der Waals surface area contributed by atoms with Crippen LogP contribution in [-0.2, 0) is 5.75 Å². The summed E-state index contributed by atoms with van der Waals surface area (Å²) in [5, 5.41) is 0.685. The number of hydrogen-bond acceptors (Lipinski definition) is 4. The van der Waals surface area contributed by atoms with Gasteiger partial charge in [-0.3, -0.25) is 0 Å². The Morgan fingerprint density at radius 3 is 2.60 bits per heavy atom. The fourth-order valence-electron chi connectivity index (χ4n) is 2.28. The van der Waals surface area contributed by atoms with Gasteiger partial charge in [-0.25, -0.2) is 4.98 Å². The van der Waals surface area contributed by atoms with Crippen molar-refractivity contribution in [2.75, 3.05) is 5.73 Å². The summed E-state index contributed by atoms with van der Waals surface area (Å²) in [6.45, 7) is 4.23. The van der Waals surface area contributed by atoms with Crippen LogP contribution in [0.15, 0.2) is 46.0 Å². The van der Waals surface area contributed by atoms with Gasteiger partial charge in [0, 0.05) is 17.5 Å². The largest absolute Gasteiger partial charge is 0.431 e. The molecule has 0 spiro atoms. The average molecular weight is 284 g/mol. The van der Waals surface area contributed by atoms with Crippen molar-refractivity contribution >= 4 is 28.5 Å². The van der Waals surface area contributed by atoms with E-state index in [0.29, 0.717) is 10.9 Å². The summed E-state index contributed by atoms with van der Waals surface area (Å²) in [7, 11) is 0. The smallest absolute Gasteiger partial charge is 0.257 e. The van der Waals surface area contributed by atoms with Gasteiger partial charge in [-0.1, -0.05) is 41.1 Å². The molecule has 1 heterocycles. The monoisotopic (exact) mass is 284 g/mol. The minimum absolute atomic E-state index is 0.685. The Hall–Kier alpha value is -1.94. The quantitative estimate of drug-likeness (QED) is 0.575. The van der Waals surface area contributed by atoms with Gasteiger partial charge in [-0.15, -0.1) is 0 Å². The maximum atomic E-state index is 5.74. The van der Waals surface area contributed by atoms with Crippen LogP contribution in [0.2, 0.25) is 0 Å². The molecule has 0 amide bonds. The van der Waals surface area contributed by atoms with Crippen molar-refractivity contribution in [2.24, 2.45) is 0 Å². The maximum absolute atomic E-state index is 5.74. The molecule has 4 heteroatoms. The molecule has 102 valence electrons. The molecule has 0 fully saturated rings. The van der Waals surface area contributed by atoms with Gasteiger partial charge in [0.25, 0.3) is 5.22 Å². The lowest BCUT2D eigenvalue weighted by atomic mass is 10.1. The summed E-state index contributed by atoms with van der Waals surface area (Å²) in [4.78, 5) is 4.45. The molecule has 1 aromatic heterocycles. The lowest BCUT2D eigenvalue weighted by Crippen LogP contribution is -1.85. The fraction of sp³-hybridized carbons (Fsp3) is 0.188. The average Bonchev–Trinajstić information content (AvgIpc) is 2.77. The van der Waals surface area contributed by atoms with Crippen molar-refractivity contribution in [2.45, 2.75) is 24.8 Å². The third-order valence-corrected chi connectivity index (χ3v) is 3.94. The Morgan fingerprint density at radius 2 is 1.85 bits per heavy atom. The molecule has 0 saturated heterocycles. The van der Waals surface area contributed by atoms with Crippen molar-refractivity contribution in [1.82, 2.24) is 4.98 Å². The summed E-state index contributed by atoms with van der Waals surface area (Å²) >= 11 is 1.60. The summed E-state index contributed by atoms with van der Waals surface area (Å²) in [6.07, 6.45) is 0. The van der Waals surface area contributed by atoms with E-state index < -0.39 is 0 Å².